The van der Waals surface area contributed by atoms with Gasteiger partial charge in [-0.1, -0.05) is 121 Å². The number of nitrogens with zero attached hydrogens (tertiary/aromatic N) is 5. The van der Waals surface area contributed by atoms with Gasteiger partial charge in [-0.25, -0.2) is 19.9 Å². The van der Waals surface area contributed by atoms with Crippen LogP contribution in [0.2, 0.25) is 0 Å². The minimum Gasteiger partial charge on any atom is -0.255 e. The van der Waals surface area contributed by atoms with Gasteiger partial charge in [-0.3, -0.25) is 4.98 Å². The molecule has 220 valence electrons. The summed E-state index contributed by atoms with van der Waals surface area (Å²) >= 11 is 1.78. The Morgan fingerprint density at radius 3 is 1.68 bits per heavy atom. The lowest BCUT2D eigenvalue weighted by molar-refractivity contribution is 1.07. The van der Waals surface area contributed by atoms with E-state index in [9.17, 15) is 0 Å². The third-order valence-corrected chi connectivity index (χ3v) is 9.51. The van der Waals surface area contributed by atoms with Crippen LogP contribution in [0.5, 0.6) is 0 Å². The zero-order valence-corrected chi connectivity index (χ0v) is 25.9. The fourth-order valence-electron chi connectivity index (χ4n) is 6.12. The summed E-state index contributed by atoms with van der Waals surface area (Å²) in [6, 6.07) is 49.7. The number of rotatable bonds is 5. The van der Waals surface area contributed by atoms with Gasteiger partial charge in [-0.05, 0) is 29.8 Å². The fourth-order valence-corrected chi connectivity index (χ4v) is 7.21. The van der Waals surface area contributed by atoms with Crippen LogP contribution in [0.4, 0.5) is 0 Å². The lowest BCUT2D eigenvalue weighted by Gasteiger charge is -2.11. The third kappa shape index (κ3) is 4.92. The molecule has 0 aliphatic heterocycles. The minimum atomic E-state index is 0.628. The lowest BCUT2D eigenvalue weighted by atomic mass is 9.97. The van der Waals surface area contributed by atoms with E-state index in [-0.39, 0.29) is 0 Å². The van der Waals surface area contributed by atoms with E-state index in [0.29, 0.717) is 17.5 Å². The molecule has 9 rings (SSSR count). The monoisotopic (exact) mass is 619 g/mol. The molecule has 0 N–H and O–H groups in total. The molecule has 0 saturated carbocycles. The van der Waals surface area contributed by atoms with Gasteiger partial charge in [0.25, 0.3) is 0 Å². The topological polar surface area (TPSA) is 64.5 Å². The van der Waals surface area contributed by atoms with E-state index < -0.39 is 0 Å². The summed E-state index contributed by atoms with van der Waals surface area (Å²) in [5.74, 6) is 1.92. The van der Waals surface area contributed by atoms with E-state index in [1.54, 1.807) is 11.3 Å². The first kappa shape index (κ1) is 27.2. The van der Waals surface area contributed by atoms with E-state index in [2.05, 4.69) is 78.9 Å². The van der Waals surface area contributed by atoms with Crippen LogP contribution in [0.25, 0.3) is 87.8 Å². The van der Waals surface area contributed by atoms with Crippen molar-refractivity contribution in [2.45, 2.75) is 0 Å². The molecule has 9 aromatic rings. The Labute approximate surface area is 275 Å². The first-order valence-electron chi connectivity index (χ1n) is 15.4. The highest BCUT2D eigenvalue weighted by Gasteiger charge is 2.16. The molecular weight excluding hydrogens is 595 g/mol. The van der Waals surface area contributed by atoms with Gasteiger partial charge in [0.1, 0.15) is 0 Å². The summed E-state index contributed by atoms with van der Waals surface area (Å²) in [7, 11) is 0. The molecule has 6 heteroatoms. The molecule has 0 bridgehead atoms. The Bertz CT molecular complexity index is 2500. The van der Waals surface area contributed by atoms with Crippen LogP contribution in [0, 0.1) is 0 Å². The Balaban J connectivity index is 1.13. The van der Waals surface area contributed by atoms with Crippen LogP contribution >= 0.6 is 11.3 Å². The van der Waals surface area contributed by atoms with Gasteiger partial charge < -0.3 is 0 Å². The summed E-state index contributed by atoms with van der Waals surface area (Å²) in [5.41, 5.74) is 8.99. The Morgan fingerprint density at radius 2 is 0.979 bits per heavy atom. The number of pyridine rings is 2. The fraction of sp³-hybridized carbons (Fsp3) is 0. The number of para-hydroxylation sites is 1. The van der Waals surface area contributed by atoms with Crippen molar-refractivity contribution in [1.82, 2.24) is 24.9 Å². The van der Waals surface area contributed by atoms with E-state index in [1.807, 2.05) is 72.9 Å². The Hall–Kier alpha value is -6.11. The average molecular weight is 620 g/mol. The summed E-state index contributed by atoms with van der Waals surface area (Å²) < 4.78 is 2.41. The highest BCUT2D eigenvalue weighted by atomic mass is 32.1. The highest BCUT2D eigenvalue weighted by Crippen LogP contribution is 2.41. The molecule has 0 aliphatic carbocycles. The average Bonchev–Trinajstić information content (AvgIpc) is 3.54. The maximum absolute atomic E-state index is 5.24. The maximum Gasteiger partial charge on any atom is 0.164 e. The molecule has 0 unspecified atom stereocenters. The van der Waals surface area contributed by atoms with Crippen molar-refractivity contribution >= 4 is 42.5 Å². The van der Waals surface area contributed by atoms with Crippen LogP contribution < -0.4 is 0 Å². The van der Waals surface area contributed by atoms with Crippen molar-refractivity contribution in [3.63, 3.8) is 0 Å². The zero-order chi connectivity index (χ0) is 31.2. The predicted molar refractivity (Wildman–Crippen MR) is 193 cm³/mol. The van der Waals surface area contributed by atoms with Crippen LogP contribution in [0.15, 0.2) is 152 Å². The molecule has 0 saturated heterocycles. The van der Waals surface area contributed by atoms with Gasteiger partial charge in [-0.15, -0.1) is 11.3 Å². The van der Waals surface area contributed by atoms with Crippen LogP contribution in [-0.2, 0) is 0 Å². The van der Waals surface area contributed by atoms with Crippen molar-refractivity contribution in [1.29, 1.82) is 0 Å². The first-order valence-corrected chi connectivity index (χ1v) is 16.2. The van der Waals surface area contributed by atoms with Gasteiger partial charge in [0.05, 0.1) is 21.4 Å². The van der Waals surface area contributed by atoms with Gasteiger partial charge in [0.2, 0.25) is 0 Å². The molecule has 0 amide bonds. The van der Waals surface area contributed by atoms with E-state index in [1.165, 1.54) is 14.8 Å². The van der Waals surface area contributed by atoms with Crippen molar-refractivity contribution in [3.05, 3.63) is 152 Å². The summed E-state index contributed by atoms with van der Waals surface area (Å²) in [5, 5.41) is 2.28. The minimum absolute atomic E-state index is 0.628. The maximum atomic E-state index is 5.24. The molecule has 0 radical (unpaired) electrons. The second-order valence-electron chi connectivity index (χ2n) is 11.3. The molecule has 0 atom stereocenters. The summed E-state index contributed by atoms with van der Waals surface area (Å²) in [4.78, 5) is 24.6. The normalized spacial score (nSPS) is 11.4. The largest absolute Gasteiger partial charge is 0.255 e. The molecule has 4 aromatic heterocycles. The summed E-state index contributed by atoms with van der Waals surface area (Å²) in [6.45, 7) is 0. The second kappa shape index (κ2) is 11.4. The summed E-state index contributed by atoms with van der Waals surface area (Å²) in [6.07, 6.45) is 1.87. The van der Waals surface area contributed by atoms with Crippen molar-refractivity contribution in [3.8, 4) is 56.5 Å². The van der Waals surface area contributed by atoms with Crippen LogP contribution in [0.1, 0.15) is 0 Å². The third-order valence-electron chi connectivity index (χ3n) is 8.40. The van der Waals surface area contributed by atoms with E-state index in [0.717, 1.165) is 55.5 Å². The van der Waals surface area contributed by atoms with Gasteiger partial charge in [-0.2, -0.15) is 0 Å². The first-order chi connectivity index (χ1) is 23.3. The smallest absolute Gasteiger partial charge is 0.164 e. The second-order valence-corrected chi connectivity index (χ2v) is 12.4. The number of aromatic nitrogens is 5. The molecule has 0 fully saturated rings. The molecule has 0 aliphatic rings. The number of hydrogen-bond acceptors (Lipinski definition) is 6. The molecule has 4 heterocycles. The zero-order valence-electron chi connectivity index (χ0n) is 25.1. The van der Waals surface area contributed by atoms with Crippen LogP contribution in [0.3, 0.4) is 0 Å². The number of thiophene rings is 1. The lowest BCUT2D eigenvalue weighted by Crippen LogP contribution is -2.00. The molecular formula is C41H25N5S. The van der Waals surface area contributed by atoms with E-state index >= 15 is 0 Å². The van der Waals surface area contributed by atoms with Gasteiger partial charge in [0, 0.05) is 49.5 Å². The Morgan fingerprint density at radius 1 is 0.383 bits per heavy atom. The number of hydrogen-bond donors (Lipinski definition) is 0. The SMILES string of the molecule is c1ccc(-c2nc(-c3ccccc3)nc(-c3ccc(-c4ccc5cccc(-c6cccc7sc8cccnc8c67)c5n4)cc3)n2)cc1. The predicted octanol–water partition coefficient (Wildman–Crippen LogP) is 10.5. The molecule has 5 nitrogen and oxygen atoms in total. The van der Waals surface area contributed by atoms with Crippen LogP contribution in [-0.4, -0.2) is 24.9 Å². The quantitative estimate of drug-likeness (QED) is 0.192. The number of benzene rings is 5. The molecule has 0 spiro atoms. The van der Waals surface area contributed by atoms with Gasteiger partial charge >= 0.3 is 0 Å². The molecule has 47 heavy (non-hydrogen) atoms. The van der Waals surface area contributed by atoms with Crippen molar-refractivity contribution < 1.29 is 0 Å². The number of fused-ring (bicyclic) bond motifs is 4. The Kier molecular flexibility index (Phi) is 6.58. The molecule has 5 aromatic carbocycles. The van der Waals surface area contributed by atoms with Gasteiger partial charge in [0.15, 0.2) is 17.5 Å². The van der Waals surface area contributed by atoms with Crippen molar-refractivity contribution in [2.75, 3.05) is 0 Å². The highest BCUT2D eigenvalue weighted by molar-refractivity contribution is 7.25. The standard InChI is InChI=1S/C41H25N5S/c1-3-10-28(11-4-1)39-44-40(29-12-5-2-6-13-29)46-41(45-39)30-21-19-26(20-22-30)33-24-23-27-14-7-16-32(37(27)43-33)31-15-8-17-34-36(31)38-35(47-34)18-9-25-42-38/h1-25H. The van der Waals surface area contributed by atoms with E-state index in [4.69, 9.17) is 24.9 Å². The van der Waals surface area contributed by atoms with Crippen molar-refractivity contribution in [2.24, 2.45) is 0 Å².